The van der Waals surface area contributed by atoms with E-state index in [1.807, 2.05) is 24.3 Å². The van der Waals surface area contributed by atoms with E-state index in [2.05, 4.69) is 122 Å². The summed E-state index contributed by atoms with van der Waals surface area (Å²) in [7, 11) is 4.31. The SMILES string of the molecule is CC1CCC(c2ccc(N=Nc3ccc(N=Nc4ccc5c6c(cccc46)N(C)C(C)(C)N5C)c4ccccc34)cc2)CC1. The lowest BCUT2D eigenvalue weighted by Crippen LogP contribution is -2.56. The Morgan fingerprint density at radius 2 is 1.09 bits per heavy atom. The van der Waals surface area contributed by atoms with E-state index in [-0.39, 0.29) is 5.66 Å². The molecule has 0 aromatic heterocycles. The minimum absolute atomic E-state index is 0.139. The number of anilines is 2. The molecule has 0 radical (unpaired) electrons. The van der Waals surface area contributed by atoms with Crippen molar-refractivity contribution in [2.45, 2.75) is 58.0 Å². The molecule has 0 amide bonds. The summed E-state index contributed by atoms with van der Waals surface area (Å²) in [5, 5.41) is 23.1. The Balaban J connectivity index is 1.17. The number of azo groups is 2. The van der Waals surface area contributed by atoms with E-state index < -0.39 is 0 Å². The lowest BCUT2D eigenvalue weighted by atomic mass is 9.79. The van der Waals surface area contributed by atoms with Crippen molar-refractivity contribution in [1.82, 2.24) is 0 Å². The largest absolute Gasteiger partial charge is 0.352 e. The van der Waals surface area contributed by atoms with E-state index in [1.54, 1.807) is 0 Å². The molecule has 1 aliphatic heterocycles. The molecule has 2 aliphatic rings. The molecule has 0 unspecified atom stereocenters. The van der Waals surface area contributed by atoms with Crippen LogP contribution in [0.2, 0.25) is 0 Å². The van der Waals surface area contributed by atoms with Crippen LogP contribution >= 0.6 is 0 Å². The van der Waals surface area contributed by atoms with Gasteiger partial charge >= 0.3 is 0 Å². The standard InChI is InChI=1S/C38H40N6/c1-25-13-15-26(16-14-25)27-17-19-28(20-18-27)39-40-32-21-22-33(30-10-7-6-9-29(30)32)41-42-34-23-24-36-37-31(34)11-8-12-35(37)43(4)38(2,3)44(36)5/h6-12,17-26H,13-16H2,1-5H3. The van der Waals surface area contributed by atoms with Crippen molar-refractivity contribution < 1.29 is 0 Å². The van der Waals surface area contributed by atoms with Gasteiger partial charge in [-0.25, -0.2) is 0 Å². The second-order valence-corrected chi connectivity index (χ2v) is 13.0. The molecule has 6 nitrogen and oxygen atoms in total. The van der Waals surface area contributed by atoms with E-state index in [1.165, 1.54) is 48.0 Å². The molecule has 222 valence electrons. The number of rotatable bonds is 5. The highest BCUT2D eigenvalue weighted by molar-refractivity contribution is 6.10. The van der Waals surface area contributed by atoms with Crippen molar-refractivity contribution in [2.24, 2.45) is 26.4 Å². The normalized spacial score (nSPS) is 19.9. The third-order valence-corrected chi connectivity index (χ3v) is 10.1. The number of hydrogen-bond acceptors (Lipinski definition) is 6. The fourth-order valence-electron chi connectivity index (χ4n) is 6.88. The van der Waals surface area contributed by atoms with Crippen molar-refractivity contribution in [3.8, 4) is 0 Å². The lowest BCUT2D eigenvalue weighted by molar-refractivity contribution is 0.348. The van der Waals surface area contributed by atoms with E-state index in [9.17, 15) is 0 Å². The molecule has 0 N–H and O–H groups in total. The molecule has 5 aromatic carbocycles. The maximum atomic E-state index is 4.79. The molecule has 1 aliphatic carbocycles. The topological polar surface area (TPSA) is 55.9 Å². The fraction of sp³-hybridized carbons (Fsp3) is 0.316. The van der Waals surface area contributed by atoms with E-state index in [0.717, 1.165) is 44.8 Å². The zero-order valence-corrected chi connectivity index (χ0v) is 26.3. The lowest BCUT2D eigenvalue weighted by Gasteiger charge is -2.49. The van der Waals surface area contributed by atoms with Crippen molar-refractivity contribution in [1.29, 1.82) is 0 Å². The van der Waals surface area contributed by atoms with Gasteiger partial charge in [0.15, 0.2) is 0 Å². The minimum atomic E-state index is -0.139. The Hall–Kier alpha value is -4.58. The van der Waals surface area contributed by atoms with Crippen LogP contribution in [0.25, 0.3) is 21.5 Å². The third kappa shape index (κ3) is 4.92. The molecule has 0 saturated heterocycles. The quantitative estimate of drug-likeness (QED) is 0.194. The Kier molecular flexibility index (Phi) is 7.16. The van der Waals surface area contributed by atoms with Gasteiger partial charge in [0.2, 0.25) is 0 Å². The summed E-state index contributed by atoms with van der Waals surface area (Å²) >= 11 is 0. The van der Waals surface area contributed by atoms with Crippen LogP contribution in [0.5, 0.6) is 0 Å². The van der Waals surface area contributed by atoms with Gasteiger partial charge in [-0.2, -0.15) is 5.11 Å². The van der Waals surface area contributed by atoms with Crippen molar-refractivity contribution in [3.63, 3.8) is 0 Å². The summed E-state index contributed by atoms with van der Waals surface area (Å²) in [4.78, 5) is 4.66. The van der Waals surface area contributed by atoms with Gasteiger partial charge in [-0.1, -0.05) is 68.3 Å². The molecule has 5 aromatic rings. The highest BCUT2D eigenvalue weighted by Crippen LogP contribution is 2.47. The minimum Gasteiger partial charge on any atom is -0.352 e. The summed E-state index contributed by atoms with van der Waals surface area (Å²) < 4.78 is 0. The predicted octanol–water partition coefficient (Wildman–Crippen LogP) is 11.7. The molecule has 6 heteroatoms. The van der Waals surface area contributed by atoms with Gasteiger partial charge in [0, 0.05) is 47.0 Å². The van der Waals surface area contributed by atoms with Gasteiger partial charge < -0.3 is 9.80 Å². The van der Waals surface area contributed by atoms with Gasteiger partial charge in [-0.05, 0) is 86.6 Å². The molecular weight excluding hydrogens is 540 g/mol. The Bertz CT molecular complexity index is 1880. The highest BCUT2D eigenvalue weighted by atomic mass is 15.4. The Morgan fingerprint density at radius 3 is 1.73 bits per heavy atom. The predicted molar refractivity (Wildman–Crippen MR) is 184 cm³/mol. The summed E-state index contributed by atoms with van der Waals surface area (Å²) in [5.74, 6) is 1.53. The molecule has 0 spiro atoms. The van der Waals surface area contributed by atoms with Gasteiger partial charge in [-0.15, -0.1) is 15.3 Å². The van der Waals surface area contributed by atoms with Crippen LogP contribution in [-0.4, -0.2) is 19.8 Å². The maximum absolute atomic E-state index is 4.79. The summed E-state index contributed by atoms with van der Waals surface area (Å²) in [5.41, 5.74) is 7.04. The first-order chi connectivity index (χ1) is 21.3. The first-order valence-corrected chi connectivity index (χ1v) is 15.8. The van der Waals surface area contributed by atoms with Gasteiger partial charge in [-0.3, -0.25) is 0 Å². The molecule has 44 heavy (non-hydrogen) atoms. The van der Waals surface area contributed by atoms with E-state index >= 15 is 0 Å². The summed E-state index contributed by atoms with van der Waals surface area (Å²) in [6.45, 7) is 6.85. The average Bonchev–Trinajstić information content (AvgIpc) is 3.05. The summed E-state index contributed by atoms with van der Waals surface area (Å²) in [6, 6.07) is 31.5. The highest BCUT2D eigenvalue weighted by Gasteiger charge is 2.35. The molecule has 0 atom stereocenters. The number of fused-ring (bicyclic) bond motifs is 1. The van der Waals surface area contributed by atoms with E-state index in [4.69, 9.17) is 10.2 Å². The van der Waals surface area contributed by atoms with Crippen LogP contribution in [0, 0.1) is 5.92 Å². The van der Waals surface area contributed by atoms with E-state index in [0.29, 0.717) is 5.92 Å². The van der Waals surface area contributed by atoms with Crippen LogP contribution in [0.15, 0.2) is 111 Å². The van der Waals surface area contributed by atoms with Crippen LogP contribution < -0.4 is 9.80 Å². The molecule has 0 bridgehead atoms. The number of benzene rings is 5. The van der Waals surface area contributed by atoms with Crippen molar-refractivity contribution in [2.75, 3.05) is 23.9 Å². The first-order valence-electron chi connectivity index (χ1n) is 15.8. The van der Waals surface area contributed by atoms with Crippen LogP contribution in [0.3, 0.4) is 0 Å². The molecule has 1 saturated carbocycles. The van der Waals surface area contributed by atoms with Gasteiger partial charge in [0.1, 0.15) is 5.66 Å². The maximum Gasteiger partial charge on any atom is 0.106 e. The van der Waals surface area contributed by atoms with Crippen LogP contribution in [-0.2, 0) is 0 Å². The monoisotopic (exact) mass is 580 g/mol. The number of nitrogens with zero attached hydrogens (tertiary/aromatic N) is 6. The van der Waals surface area contributed by atoms with Crippen LogP contribution in [0.1, 0.15) is 57.9 Å². The molecule has 1 fully saturated rings. The molecule has 1 heterocycles. The zero-order chi connectivity index (χ0) is 30.4. The summed E-state index contributed by atoms with van der Waals surface area (Å²) in [6.07, 6.45) is 5.22. The van der Waals surface area contributed by atoms with Crippen molar-refractivity contribution in [3.05, 3.63) is 96.6 Å². The second kappa shape index (κ2) is 11.2. The average molecular weight is 581 g/mol. The smallest absolute Gasteiger partial charge is 0.106 e. The third-order valence-electron chi connectivity index (χ3n) is 10.1. The van der Waals surface area contributed by atoms with Gasteiger partial charge in [0.25, 0.3) is 0 Å². The van der Waals surface area contributed by atoms with Crippen LogP contribution in [0.4, 0.5) is 34.1 Å². The zero-order valence-electron chi connectivity index (χ0n) is 26.3. The van der Waals surface area contributed by atoms with Crippen molar-refractivity contribution >= 4 is 55.7 Å². The molecular formula is C38H40N6. The second-order valence-electron chi connectivity index (χ2n) is 13.0. The first kappa shape index (κ1) is 28.2. The fourth-order valence-corrected chi connectivity index (χ4v) is 6.88. The van der Waals surface area contributed by atoms with Gasteiger partial charge in [0.05, 0.1) is 22.7 Å². The Labute approximate surface area is 260 Å². The Morgan fingerprint density at radius 1 is 0.568 bits per heavy atom. The molecule has 7 rings (SSSR count). The number of hydrogen-bond donors (Lipinski definition) is 0.